The minimum atomic E-state index is 0.265. The van der Waals surface area contributed by atoms with Gasteiger partial charge in [-0.25, -0.2) is 9.97 Å². The zero-order valence-electron chi connectivity index (χ0n) is 13.1. The van der Waals surface area contributed by atoms with E-state index in [4.69, 9.17) is 0 Å². The Morgan fingerprint density at radius 2 is 2.00 bits per heavy atom. The van der Waals surface area contributed by atoms with Gasteiger partial charge in [0, 0.05) is 43.9 Å². The predicted octanol–water partition coefficient (Wildman–Crippen LogP) is 1.35. The molecule has 2 heterocycles. The summed E-state index contributed by atoms with van der Waals surface area (Å²) in [5, 5.41) is 9.59. The lowest BCUT2D eigenvalue weighted by molar-refractivity contribution is 0.170. The Hall–Kier alpha value is -1.20. The van der Waals surface area contributed by atoms with E-state index in [2.05, 4.69) is 39.9 Å². The summed E-state index contributed by atoms with van der Waals surface area (Å²) in [6.45, 7) is 3.26. The van der Waals surface area contributed by atoms with E-state index in [9.17, 15) is 5.11 Å². The Morgan fingerprint density at radius 1 is 1.24 bits per heavy atom. The Balaban J connectivity index is 1.74. The maximum Gasteiger partial charge on any atom is 0.132 e. The summed E-state index contributed by atoms with van der Waals surface area (Å²) in [5.74, 6) is 2.63. The molecule has 5 heteroatoms. The fourth-order valence-electron chi connectivity index (χ4n) is 3.42. The molecule has 1 aromatic rings. The number of rotatable bonds is 5. The van der Waals surface area contributed by atoms with Gasteiger partial charge in [-0.2, -0.15) is 0 Å². The van der Waals surface area contributed by atoms with E-state index in [1.165, 1.54) is 18.5 Å². The molecule has 2 aliphatic rings. The van der Waals surface area contributed by atoms with Crippen LogP contribution in [0.3, 0.4) is 0 Å². The number of hydrogen-bond acceptors (Lipinski definition) is 5. The van der Waals surface area contributed by atoms with Gasteiger partial charge < -0.3 is 14.9 Å². The highest BCUT2D eigenvalue weighted by Gasteiger charge is 2.30. The Kier molecular flexibility index (Phi) is 4.40. The van der Waals surface area contributed by atoms with Crippen LogP contribution in [0.5, 0.6) is 0 Å². The number of anilines is 1. The maximum absolute atomic E-state index is 9.59. The molecule has 1 saturated heterocycles. The van der Waals surface area contributed by atoms with Crippen LogP contribution >= 0.6 is 0 Å². The van der Waals surface area contributed by atoms with Crippen LogP contribution in [0, 0.1) is 11.8 Å². The van der Waals surface area contributed by atoms with Gasteiger partial charge in [-0.15, -0.1) is 0 Å². The summed E-state index contributed by atoms with van der Waals surface area (Å²) in [5.41, 5.74) is 1.19. The lowest BCUT2D eigenvalue weighted by Gasteiger charge is -2.39. The third kappa shape index (κ3) is 3.71. The Bertz CT molecular complexity index is 475. The molecule has 116 valence electrons. The van der Waals surface area contributed by atoms with Gasteiger partial charge in [0.15, 0.2) is 0 Å². The number of piperidine rings is 1. The minimum Gasteiger partial charge on any atom is -0.396 e. The molecule has 1 saturated carbocycles. The van der Waals surface area contributed by atoms with Gasteiger partial charge >= 0.3 is 0 Å². The molecule has 21 heavy (non-hydrogen) atoms. The first-order chi connectivity index (χ1) is 10.2. The SMILES string of the molecule is CN(C)C[C@@H]1C[C@H](CO)CN(c2cc(C3CC3)ncn2)C1. The molecule has 1 aromatic heterocycles. The topological polar surface area (TPSA) is 52.5 Å². The summed E-state index contributed by atoms with van der Waals surface area (Å²) in [6.07, 6.45) is 5.33. The van der Waals surface area contributed by atoms with Crippen molar-refractivity contribution >= 4 is 5.82 Å². The molecule has 2 atom stereocenters. The molecule has 0 radical (unpaired) electrons. The van der Waals surface area contributed by atoms with Crippen LogP contribution in [0.15, 0.2) is 12.4 Å². The van der Waals surface area contributed by atoms with Crippen LogP contribution in [0.25, 0.3) is 0 Å². The molecule has 0 amide bonds. The standard InChI is InChI=1S/C16H26N4O/c1-19(2)7-12-5-13(10-21)9-20(8-12)16-6-15(14-3-4-14)17-11-18-16/h6,11-14,21H,3-5,7-10H2,1-2H3/t12-,13-/m0/s1. The summed E-state index contributed by atoms with van der Waals surface area (Å²) in [6, 6.07) is 2.16. The molecule has 5 nitrogen and oxygen atoms in total. The second kappa shape index (κ2) is 6.28. The van der Waals surface area contributed by atoms with Crippen LogP contribution < -0.4 is 4.90 Å². The molecule has 0 bridgehead atoms. The van der Waals surface area contributed by atoms with Crippen molar-refractivity contribution in [2.45, 2.75) is 25.2 Å². The molecule has 1 aliphatic heterocycles. The van der Waals surface area contributed by atoms with Crippen LogP contribution in [-0.4, -0.2) is 60.3 Å². The van der Waals surface area contributed by atoms with E-state index in [1.54, 1.807) is 6.33 Å². The number of aromatic nitrogens is 2. The molecular formula is C16H26N4O. The normalized spacial score (nSPS) is 26.4. The highest BCUT2D eigenvalue weighted by atomic mass is 16.3. The average molecular weight is 290 g/mol. The van der Waals surface area contributed by atoms with E-state index < -0.39 is 0 Å². The van der Waals surface area contributed by atoms with Gasteiger partial charge in [-0.05, 0) is 45.2 Å². The lowest BCUT2D eigenvalue weighted by Crippen LogP contribution is -2.45. The number of aliphatic hydroxyl groups is 1. The molecule has 0 spiro atoms. The summed E-state index contributed by atoms with van der Waals surface area (Å²) in [7, 11) is 4.23. The van der Waals surface area contributed by atoms with Crippen molar-refractivity contribution in [2.75, 3.05) is 45.2 Å². The molecule has 0 aromatic carbocycles. The van der Waals surface area contributed by atoms with Crippen LogP contribution in [0.2, 0.25) is 0 Å². The van der Waals surface area contributed by atoms with E-state index in [0.29, 0.717) is 17.8 Å². The van der Waals surface area contributed by atoms with Gasteiger partial charge in [-0.1, -0.05) is 0 Å². The van der Waals surface area contributed by atoms with Crippen molar-refractivity contribution in [3.8, 4) is 0 Å². The van der Waals surface area contributed by atoms with E-state index in [0.717, 1.165) is 31.9 Å². The van der Waals surface area contributed by atoms with Crippen molar-refractivity contribution in [2.24, 2.45) is 11.8 Å². The third-order valence-corrected chi connectivity index (χ3v) is 4.50. The fourth-order valence-corrected chi connectivity index (χ4v) is 3.42. The molecule has 2 fully saturated rings. The predicted molar refractivity (Wildman–Crippen MR) is 83.5 cm³/mol. The Labute approximate surface area is 127 Å². The zero-order valence-corrected chi connectivity index (χ0v) is 13.1. The van der Waals surface area contributed by atoms with Crippen molar-refractivity contribution in [3.05, 3.63) is 18.1 Å². The first-order valence-electron chi connectivity index (χ1n) is 7.98. The summed E-state index contributed by atoms with van der Waals surface area (Å²) >= 11 is 0. The third-order valence-electron chi connectivity index (χ3n) is 4.50. The molecular weight excluding hydrogens is 264 g/mol. The number of aliphatic hydroxyl groups excluding tert-OH is 1. The first-order valence-corrected chi connectivity index (χ1v) is 7.98. The van der Waals surface area contributed by atoms with Crippen molar-refractivity contribution in [1.82, 2.24) is 14.9 Å². The van der Waals surface area contributed by atoms with Crippen LogP contribution in [0.1, 0.15) is 30.9 Å². The maximum atomic E-state index is 9.59. The van der Waals surface area contributed by atoms with Crippen molar-refractivity contribution in [1.29, 1.82) is 0 Å². The summed E-state index contributed by atoms with van der Waals surface area (Å²) in [4.78, 5) is 13.5. The van der Waals surface area contributed by atoms with Crippen molar-refractivity contribution in [3.63, 3.8) is 0 Å². The lowest BCUT2D eigenvalue weighted by atomic mass is 9.89. The Morgan fingerprint density at radius 3 is 2.67 bits per heavy atom. The van der Waals surface area contributed by atoms with Gasteiger partial charge in [0.05, 0.1) is 0 Å². The monoisotopic (exact) mass is 290 g/mol. The van der Waals surface area contributed by atoms with Crippen LogP contribution in [0.4, 0.5) is 5.82 Å². The van der Waals surface area contributed by atoms with Gasteiger partial charge in [0.25, 0.3) is 0 Å². The van der Waals surface area contributed by atoms with E-state index >= 15 is 0 Å². The smallest absolute Gasteiger partial charge is 0.132 e. The molecule has 0 unspecified atom stereocenters. The van der Waals surface area contributed by atoms with Gasteiger partial charge in [0.1, 0.15) is 12.1 Å². The van der Waals surface area contributed by atoms with Gasteiger partial charge in [0.2, 0.25) is 0 Å². The zero-order chi connectivity index (χ0) is 14.8. The second-order valence-electron chi connectivity index (χ2n) is 6.89. The second-order valence-corrected chi connectivity index (χ2v) is 6.89. The van der Waals surface area contributed by atoms with Crippen molar-refractivity contribution < 1.29 is 5.11 Å². The first kappa shape index (κ1) is 14.7. The van der Waals surface area contributed by atoms with E-state index in [1.807, 2.05) is 0 Å². The minimum absolute atomic E-state index is 0.265. The quantitative estimate of drug-likeness (QED) is 0.887. The largest absolute Gasteiger partial charge is 0.396 e. The fraction of sp³-hybridized carbons (Fsp3) is 0.750. The highest BCUT2D eigenvalue weighted by Crippen LogP contribution is 2.39. The van der Waals surface area contributed by atoms with Crippen LogP contribution in [-0.2, 0) is 0 Å². The number of nitrogens with zero attached hydrogens (tertiary/aromatic N) is 4. The summed E-state index contributed by atoms with van der Waals surface area (Å²) < 4.78 is 0. The molecule has 1 aliphatic carbocycles. The number of hydrogen-bond donors (Lipinski definition) is 1. The van der Waals surface area contributed by atoms with E-state index in [-0.39, 0.29) is 6.61 Å². The highest BCUT2D eigenvalue weighted by molar-refractivity contribution is 5.41. The molecule has 3 rings (SSSR count). The molecule has 1 N–H and O–H groups in total. The van der Waals surface area contributed by atoms with Gasteiger partial charge in [-0.3, -0.25) is 0 Å². The average Bonchev–Trinajstić information content (AvgIpc) is 3.31.